The van der Waals surface area contributed by atoms with Crippen molar-refractivity contribution in [1.29, 1.82) is 0 Å². The quantitative estimate of drug-likeness (QED) is 0.812. The molecule has 1 unspecified atom stereocenters. The molecule has 0 saturated heterocycles. The predicted octanol–water partition coefficient (Wildman–Crippen LogP) is 3.05. The van der Waals surface area contributed by atoms with Crippen LogP contribution in [0.2, 0.25) is 0 Å². The van der Waals surface area contributed by atoms with Crippen LogP contribution in [0.5, 0.6) is 0 Å². The van der Waals surface area contributed by atoms with Crippen LogP contribution >= 0.6 is 22.9 Å². The summed E-state index contributed by atoms with van der Waals surface area (Å²) in [5, 5.41) is 4.87. The number of nitrogens with one attached hydrogen (secondary N) is 1. The van der Waals surface area contributed by atoms with Crippen molar-refractivity contribution in [2.24, 2.45) is 5.92 Å². The summed E-state index contributed by atoms with van der Waals surface area (Å²) in [6.07, 6.45) is 0. The van der Waals surface area contributed by atoms with Gasteiger partial charge in [0.1, 0.15) is 0 Å². The van der Waals surface area contributed by atoms with E-state index in [1.54, 1.807) is 0 Å². The van der Waals surface area contributed by atoms with Gasteiger partial charge in [-0.25, -0.2) is 0 Å². The number of amides is 1. The first-order valence-electron chi connectivity index (χ1n) is 4.97. The average molecular weight is 246 g/mol. The molecule has 1 aromatic heterocycles. The Labute approximate surface area is 99.6 Å². The summed E-state index contributed by atoms with van der Waals surface area (Å²) in [6, 6.07) is 1.99. The van der Waals surface area contributed by atoms with Gasteiger partial charge in [-0.05, 0) is 29.9 Å². The van der Waals surface area contributed by atoms with Crippen LogP contribution in [-0.4, -0.2) is 17.8 Å². The first-order valence-corrected chi connectivity index (χ1v) is 6.38. The summed E-state index contributed by atoms with van der Waals surface area (Å²) in [5.74, 6) is 0.793. The topological polar surface area (TPSA) is 29.1 Å². The maximum atomic E-state index is 11.8. The number of carbonyl (C=O) groups is 1. The fourth-order valence-electron chi connectivity index (χ4n) is 1.22. The summed E-state index contributed by atoms with van der Waals surface area (Å²) in [6.45, 7) is 6.04. The van der Waals surface area contributed by atoms with Crippen molar-refractivity contribution < 1.29 is 4.79 Å². The van der Waals surface area contributed by atoms with Crippen LogP contribution in [0.1, 0.15) is 29.1 Å². The van der Waals surface area contributed by atoms with Gasteiger partial charge in [0.2, 0.25) is 0 Å². The summed E-state index contributed by atoms with van der Waals surface area (Å²) < 4.78 is 0. The largest absolute Gasteiger partial charge is 0.347 e. The van der Waals surface area contributed by atoms with Crippen LogP contribution in [0.4, 0.5) is 0 Å². The first kappa shape index (κ1) is 12.5. The van der Waals surface area contributed by atoms with Crippen LogP contribution in [0.25, 0.3) is 0 Å². The van der Waals surface area contributed by atoms with E-state index in [1.807, 2.05) is 18.4 Å². The molecule has 0 aliphatic rings. The molecule has 1 heterocycles. The number of carbonyl (C=O) groups excluding carboxylic acids is 1. The van der Waals surface area contributed by atoms with Gasteiger partial charge < -0.3 is 5.32 Å². The van der Waals surface area contributed by atoms with Gasteiger partial charge in [0.25, 0.3) is 5.91 Å². The molecule has 1 atom stereocenters. The molecule has 0 bridgehead atoms. The van der Waals surface area contributed by atoms with Crippen LogP contribution in [0.15, 0.2) is 11.4 Å². The Morgan fingerprint density at radius 1 is 1.60 bits per heavy atom. The van der Waals surface area contributed by atoms with E-state index >= 15 is 0 Å². The summed E-state index contributed by atoms with van der Waals surface area (Å²) in [4.78, 5) is 12.6. The Kier molecular flexibility index (Phi) is 4.61. The number of alkyl halides is 1. The molecule has 2 nitrogen and oxygen atoms in total. The zero-order valence-corrected chi connectivity index (χ0v) is 10.8. The van der Waals surface area contributed by atoms with E-state index in [2.05, 4.69) is 19.2 Å². The summed E-state index contributed by atoms with van der Waals surface area (Å²) in [5.41, 5.74) is 1.02. The third kappa shape index (κ3) is 3.21. The zero-order valence-electron chi connectivity index (χ0n) is 9.21. The monoisotopic (exact) mass is 245 g/mol. The second kappa shape index (κ2) is 5.52. The van der Waals surface area contributed by atoms with Crippen molar-refractivity contribution in [3.8, 4) is 0 Å². The van der Waals surface area contributed by atoms with Crippen molar-refractivity contribution in [2.45, 2.75) is 26.8 Å². The number of rotatable bonds is 4. The van der Waals surface area contributed by atoms with Gasteiger partial charge in [0, 0.05) is 11.9 Å². The standard InChI is InChI=1S/C11H16ClNOS/c1-7(2)9(6-12)13-11(14)10-8(3)4-5-15-10/h4-5,7,9H,6H2,1-3H3,(H,13,14). The molecule has 1 rings (SSSR count). The maximum Gasteiger partial charge on any atom is 0.261 e. The maximum absolute atomic E-state index is 11.8. The van der Waals surface area contributed by atoms with Gasteiger partial charge in [-0.15, -0.1) is 22.9 Å². The van der Waals surface area contributed by atoms with E-state index in [4.69, 9.17) is 11.6 Å². The Bertz CT molecular complexity index is 335. The smallest absolute Gasteiger partial charge is 0.261 e. The molecular formula is C11H16ClNOS. The second-order valence-corrected chi connectivity index (χ2v) is 5.14. The van der Waals surface area contributed by atoms with E-state index in [9.17, 15) is 4.79 Å². The fraction of sp³-hybridized carbons (Fsp3) is 0.545. The zero-order chi connectivity index (χ0) is 11.4. The van der Waals surface area contributed by atoms with Crippen molar-refractivity contribution in [3.05, 3.63) is 21.9 Å². The van der Waals surface area contributed by atoms with E-state index in [0.29, 0.717) is 11.8 Å². The van der Waals surface area contributed by atoms with Crippen molar-refractivity contribution >= 4 is 28.8 Å². The first-order chi connectivity index (χ1) is 7.06. The lowest BCUT2D eigenvalue weighted by molar-refractivity contribution is 0.0935. The molecular weight excluding hydrogens is 230 g/mol. The number of thiophene rings is 1. The van der Waals surface area contributed by atoms with Crippen molar-refractivity contribution in [3.63, 3.8) is 0 Å². The van der Waals surface area contributed by atoms with Gasteiger partial charge >= 0.3 is 0 Å². The third-order valence-electron chi connectivity index (χ3n) is 2.36. The molecule has 0 aromatic carbocycles. The van der Waals surface area contributed by atoms with Crippen LogP contribution in [-0.2, 0) is 0 Å². The molecule has 84 valence electrons. The fourth-order valence-corrected chi connectivity index (χ4v) is 2.48. The number of aryl methyl sites for hydroxylation is 1. The molecule has 1 aromatic rings. The third-order valence-corrected chi connectivity index (χ3v) is 3.70. The molecule has 1 amide bonds. The van der Waals surface area contributed by atoms with Gasteiger partial charge in [-0.1, -0.05) is 13.8 Å². The van der Waals surface area contributed by atoms with Gasteiger partial charge in [0.15, 0.2) is 0 Å². The molecule has 0 fully saturated rings. The van der Waals surface area contributed by atoms with Crippen LogP contribution in [0.3, 0.4) is 0 Å². The lowest BCUT2D eigenvalue weighted by Crippen LogP contribution is -2.39. The van der Waals surface area contributed by atoms with E-state index in [-0.39, 0.29) is 11.9 Å². The highest BCUT2D eigenvalue weighted by atomic mass is 35.5. The highest BCUT2D eigenvalue weighted by Gasteiger charge is 2.17. The van der Waals surface area contributed by atoms with Gasteiger partial charge in [-0.3, -0.25) is 4.79 Å². The molecule has 4 heteroatoms. The molecule has 0 aliphatic carbocycles. The summed E-state index contributed by atoms with van der Waals surface area (Å²) in [7, 11) is 0. The van der Waals surface area contributed by atoms with E-state index in [0.717, 1.165) is 10.4 Å². The second-order valence-electron chi connectivity index (χ2n) is 3.91. The Hall–Kier alpha value is -0.540. The SMILES string of the molecule is Cc1ccsc1C(=O)NC(CCl)C(C)C. The lowest BCUT2D eigenvalue weighted by Gasteiger charge is -2.19. The molecule has 0 radical (unpaired) electrons. The van der Waals surface area contributed by atoms with Gasteiger partial charge in [-0.2, -0.15) is 0 Å². The van der Waals surface area contributed by atoms with Gasteiger partial charge in [0.05, 0.1) is 4.88 Å². The number of halogens is 1. The van der Waals surface area contributed by atoms with E-state index < -0.39 is 0 Å². The average Bonchev–Trinajstić information content (AvgIpc) is 2.60. The van der Waals surface area contributed by atoms with Crippen molar-refractivity contribution in [1.82, 2.24) is 5.32 Å². The molecule has 0 saturated carbocycles. The van der Waals surface area contributed by atoms with E-state index in [1.165, 1.54) is 11.3 Å². The molecule has 1 N–H and O–H groups in total. The number of hydrogen-bond donors (Lipinski definition) is 1. The van der Waals surface area contributed by atoms with Crippen LogP contribution < -0.4 is 5.32 Å². The highest BCUT2D eigenvalue weighted by Crippen LogP contribution is 2.16. The normalized spacial score (nSPS) is 12.9. The molecule has 0 spiro atoms. The minimum atomic E-state index is -0.0122. The lowest BCUT2D eigenvalue weighted by atomic mass is 10.1. The number of hydrogen-bond acceptors (Lipinski definition) is 2. The van der Waals surface area contributed by atoms with Crippen molar-refractivity contribution in [2.75, 3.05) is 5.88 Å². The molecule has 0 aliphatic heterocycles. The van der Waals surface area contributed by atoms with Crippen LogP contribution in [0, 0.1) is 12.8 Å². The predicted molar refractivity (Wildman–Crippen MR) is 65.9 cm³/mol. The minimum absolute atomic E-state index is 0.0122. The Morgan fingerprint density at radius 3 is 2.67 bits per heavy atom. The minimum Gasteiger partial charge on any atom is -0.347 e. The Balaban J connectivity index is 2.67. The summed E-state index contributed by atoms with van der Waals surface area (Å²) >= 11 is 7.26. The molecule has 15 heavy (non-hydrogen) atoms. The Morgan fingerprint density at radius 2 is 2.27 bits per heavy atom. The highest BCUT2D eigenvalue weighted by molar-refractivity contribution is 7.12.